The van der Waals surface area contributed by atoms with Crippen LogP contribution in [0.1, 0.15) is 24.8 Å². The number of carbonyl (C=O) groups is 1. The van der Waals surface area contributed by atoms with Crippen molar-refractivity contribution in [2.45, 2.75) is 37.0 Å². The molecule has 6 nitrogen and oxygen atoms in total. The minimum absolute atomic E-state index is 0.0943. The van der Waals surface area contributed by atoms with E-state index < -0.39 is 21.4 Å². The molecule has 1 amide bonds. The molecule has 1 aromatic rings. The Labute approximate surface area is 143 Å². The fourth-order valence-corrected chi connectivity index (χ4v) is 4.81. The van der Waals surface area contributed by atoms with Crippen LogP contribution in [-0.2, 0) is 21.2 Å². The van der Waals surface area contributed by atoms with E-state index in [0.717, 1.165) is 17.7 Å². The van der Waals surface area contributed by atoms with Crippen molar-refractivity contribution in [3.8, 4) is 5.75 Å². The normalized spacial score (nSPS) is 24.4. The van der Waals surface area contributed by atoms with Crippen molar-refractivity contribution in [1.82, 2.24) is 9.21 Å². The van der Waals surface area contributed by atoms with Crippen LogP contribution in [0, 0.1) is 0 Å². The van der Waals surface area contributed by atoms with Gasteiger partial charge in [0.05, 0.1) is 5.25 Å². The monoisotopic (exact) mass is 352 g/mol. The van der Waals surface area contributed by atoms with Gasteiger partial charge < -0.3 is 9.64 Å². The van der Waals surface area contributed by atoms with Crippen LogP contribution >= 0.6 is 0 Å². The zero-order chi connectivity index (χ0) is 17.3. The molecule has 0 spiro atoms. The van der Waals surface area contributed by atoms with Gasteiger partial charge in [-0.1, -0.05) is 18.2 Å². The zero-order valence-corrected chi connectivity index (χ0v) is 15.0. The summed E-state index contributed by atoms with van der Waals surface area (Å²) in [6.07, 6.45) is 2.23. The first-order valence-electron chi connectivity index (χ1n) is 8.34. The molecule has 2 aliphatic heterocycles. The summed E-state index contributed by atoms with van der Waals surface area (Å²) in [4.78, 5) is 14.5. The molecule has 2 atom stereocenters. The van der Waals surface area contributed by atoms with Gasteiger partial charge in [-0.15, -0.1) is 0 Å². The van der Waals surface area contributed by atoms with E-state index in [2.05, 4.69) is 0 Å². The Morgan fingerprint density at radius 1 is 1.25 bits per heavy atom. The molecule has 0 radical (unpaired) electrons. The first-order chi connectivity index (χ1) is 11.4. The lowest BCUT2D eigenvalue weighted by molar-refractivity contribution is -0.140. The maximum atomic E-state index is 12.8. The highest BCUT2D eigenvalue weighted by Gasteiger charge is 2.37. The van der Waals surface area contributed by atoms with Crippen LogP contribution < -0.4 is 4.74 Å². The van der Waals surface area contributed by atoms with E-state index in [1.165, 1.54) is 18.4 Å². The van der Waals surface area contributed by atoms with E-state index >= 15 is 0 Å². The van der Waals surface area contributed by atoms with Gasteiger partial charge in [-0.3, -0.25) is 4.79 Å². The smallest absolute Gasteiger partial charge is 0.263 e. The molecule has 0 bridgehead atoms. The topological polar surface area (TPSA) is 66.9 Å². The molecule has 1 fully saturated rings. The number of benzene rings is 1. The number of likely N-dealkylation sites (tertiary alicyclic amines) is 1. The van der Waals surface area contributed by atoms with Crippen molar-refractivity contribution >= 4 is 15.9 Å². The van der Waals surface area contributed by atoms with E-state index in [0.29, 0.717) is 25.8 Å². The summed E-state index contributed by atoms with van der Waals surface area (Å²) in [6, 6.07) is 7.75. The van der Waals surface area contributed by atoms with Crippen LogP contribution in [-0.4, -0.2) is 62.1 Å². The summed E-state index contributed by atoms with van der Waals surface area (Å²) in [5.41, 5.74) is 1.12. The van der Waals surface area contributed by atoms with Crippen molar-refractivity contribution in [1.29, 1.82) is 0 Å². The number of aryl methyl sites for hydroxylation is 1. The lowest BCUT2D eigenvalue weighted by atomic mass is 10.0. The lowest BCUT2D eigenvalue weighted by Crippen LogP contribution is -2.52. The number of fused-ring (bicyclic) bond motifs is 1. The van der Waals surface area contributed by atoms with Crippen LogP contribution in [0.25, 0.3) is 0 Å². The summed E-state index contributed by atoms with van der Waals surface area (Å²) >= 11 is 0. The zero-order valence-electron chi connectivity index (χ0n) is 14.1. The quantitative estimate of drug-likeness (QED) is 0.821. The van der Waals surface area contributed by atoms with Crippen LogP contribution in [0.2, 0.25) is 0 Å². The molecule has 2 heterocycles. The van der Waals surface area contributed by atoms with Gasteiger partial charge in [0, 0.05) is 27.2 Å². The molecule has 3 rings (SSSR count). The molecule has 132 valence electrons. The number of hydrogen-bond donors (Lipinski definition) is 0. The number of rotatable bonds is 3. The van der Waals surface area contributed by atoms with Gasteiger partial charge >= 0.3 is 0 Å². The molecule has 1 aromatic carbocycles. The third-order valence-corrected chi connectivity index (χ3v) is 7.06. The average Bonchev–Trinajstić information content (AvgIpc) is 2.60. The summed E-state index contributed by atoms with van der Waals surface area (Å²) in [5, 5.41) is -0.527. The predicted octanol–water partition coefficient (Wildman–Crippen LogP) is 1.26. The second kappa shape index (κ2) is 6.72. The Balaban J connectivity index is 1.70. The highest BCUT2D eigenvalue weighted by Crippen LogP contribution is 2.29. The Morgan fingerprint density at radius 2 is 2.00 bits per heavy atom. The van der Waals surface area contributed by atoms with Crippen molar-refractivity contribution in [2.75, 3.05) is 27.2 Å². The molecule has 2 unspecified atom stereocenters. The first kappa shape index (κ1) is 17.2. The minimum atomic E-state index is -3.35. The largest absolute Gasteiger partial charge is 0.480 e. The minimum Gasteiger partial charge on any atom is -0.480 e. The maximum Gasteiger partial charge on any atom is 0.263 e. The van der Waals surface area contributed by atoms with E-state index in [9.17, 15) is 13.2 Å². The number of nitrogens with zero attached hydrogens (tertiary/aromatic N) is 2. The molecular formula is C17H24N2O4S. The molecule has 0 saturated carbocycles. The Bertz CT molecular complexity index is 717. The third-order valence-electron chi connectivity index (χ3n) is 4.81. The standard InChI is InChI=1S/C17H24N2O4S/c1-18(2)24(21,22)14-7-5-11-19(12-14)17(20)16-10-9-13-6-3-4-8-15(13)23-16/h3-4,6,8,14,16H,5,7,9-12H2,1-2H3. The number of hydrogen-bond acceptors (Lipinski definition) is 4. The number of sulfonamides is 1. The van der Waals surface area contributed by atoms with E-state index in [1.807, 2.05) is 24.3 Å². The Kier molecular flexibility index (Phi) is 4.83. The second-order valence-corrected chi connectivity index (χ2v) is 9.06. The predicted molar refractivity (Wildman–Crippen MR) is 91.4 cm³/mol. The van der Waals surface area contributed by atoms with Crippen LogP contribution in [0.15, 0.2) is 24.3 Å². The van der Waals surface area contributed by atoms with Crippen LogP contribution in [0.3, 0.4) is 0 Å². The summed E-state index contributed by atoms with van der Waals surface area (Å²) in [6.45, 7) is 0.848. The van der Waals surface area contributed by atoms with Crippen LogP contribution in [0.5, 0.6) is 5.75 Å². The SMILES string of the molecule is CN(C)S(=O)(=O)C1CCCN(C(=O)C2CCc3ccccc3O2)C1. The second-order valence-electron chi connectivity index (χ2n) is 6.63. The molecule has 1 saturated heterocycles. The van der Waals surface area contributed by atoms with Gasteiger partial charge in [0.1, 0.15) is 5.75 Å². The number of piperidine rings is 1. The lowest BCUT2D eigenvalue weighted by Gasteiger charge is -2.36. The molecule has 0 aliphatic carbocycles. The van der Waals surface area contributed by atoms with Gasteiger partial charge in [0.25, 0.3) is 5.91 Å². The summed E-state index contributed by atoms with van der Waals surface area (Å²) in [7, 11) is -0.269. The van der Waals surface area contributed by atoms with Gasteiger partial charge in [-0.2, -0.15) is 0 Å². The molecule has 24 heavy (non-hydrogen) atoms. The number of amides is 1. The molecule has 2 aliphatic rings. The van der Waals surface area contributed by atoms with Crippen molar-refractivity contribution in [3.05, 3.63) is 29.8 Å². The fourth-order valence-electron chi connectivity index (χ4n) is 3.38. The summed E-state index contributed by atoms with van der Waals surface area (Å²) in [5.74, 6) is 0.666. The maximum absolute atomic E-state index is 12.8. The summed E-state index contributed by atoms with van der Waals surface area (Å²) < 4.78 is 31.8. The number of para-hydroxylation sites is 1. The third kappa shape index (κ3) is 3.28. The van der Waals surface area contributed by atoms with Crippen molar-refractivity contribution in [3.63, 3.8) is 0 Å². The average molecular weight is 352 g/mol. The van der Waals surface area contributed by atoms with Crippen molar-refractivity contribution in [2.24, 2.45) is 0 Å². The van der Waals surface area contributed by atoms with Gasteiger partial charge in [0.15, 0.2) is 6.10 Å². The highest BCUT2D eigenvalue weighted by molar-refractivity contribution is 7.89. The Morgan fingerprint density at radius 3 is 2.75 bits per heavy atom. The highest BCUT2D eigenvalue weighted by atomic mass is 32.2. The first-order valence-corrected chi connectivity index (χ1v) is 9.84. The number of ether oxygens (including phenoxy) is 1. The van der Waals surface area contributed by atoms with Gasteiger partial charge in [0.2, 0.25) is 10.0 Å². The fraction of sp³-hybridized carbons (Fsp3) is 0.588. The Hall–Kier alpha value is -1.60. The molecular weight excluding hydrogens is 328 g/mol. The van der Waals surface area contributed by atoms with E-state index in [-0.39, 0.29) is 12.5 Å². The van der Waals surface area contributed by atoms with Crippen molar-refractivity contribution < 1.29 is 17.9 Å². The van der Waals surface area contributed by atoms with Gasteiger partial charge in [-0.25, -0.2) is 12.7 Å². The molecule has 0 N–H and O–H groups in total. The molecule has 0 aromatic heterocycles. The van der Waals surface area contributed by atoms with E-state index in [1.54, 1.807) is 4.90 Å². The van der Waals surface area contributed by atoms with Crippen LogP contribution in [0.4, 0.5) is 0 Å². The number of carbonyl (C=O) groups excluding carboxylic acids is 1. The van der Waals surface area contributed by atoms with E-state index in [4.69, 9.17) is 4.74 Å². The van der Waals surface area contributed by atoms with Gasteiger partial charge in [-0.05, 0) is 37.3 Å². The molecule has 7 heteroatoms.